The second-order valence-electron chi connectivity index (χ2n) is 6.00. The van der Waals surface area contributed by atoms with E-state index in [4.69, 9.17) is 4.74 Å². The summed E-state index contributed by atoms with van der Waals surface area (Å²) in [4.78, 5) is 11.8. The smallest absolute Gasteiger partial charge is 0.252 e. The molecule has 2 rings (SSSR count). The molecule has 1 heterocycles. The Labute approximate surface area is 134 Å². The Hall–Kier alpha value is -1.79. The van der Waals surface area contributed by atoms with Crippen molar-refractivity contribution in [1.82, 2.24) is 10.2 Å². The van der Waals surface area contributed by atoms with Gasteiger partial charge in [-0.2, -0.15) is 0 Å². The van der Waals surface area contributed by atoms with Crippen LogP contribution >= 0.6 is 11.3 Å². The molecule has 5 nitrogen and oxygen atoms in total. The van der Waals surface area contributed by atoms with Gasteiger partial charge in [-0.3, -0.25) is 10.1 Å². The summed E-state index contributed by atoms with van der Waals surface area (Å²) in [6, 6.07) is 10.0. The number of benzene rings is 1. The van der Waals surface area contributed by atoms with Crippen LogP contribution in [0.25, 0.3) is 0 Å². The lowest BCUT2D eigenvalue weighted by Gasteiger charge is -2.12. The van der Waals surface area contributed by atoms with Gasteiger partial charge < -0.3 is 4.74 Å². The lowest BCUT2D eigenvalue weighted by molar-refractivity contribution is -0.120. The zero-order valence-corrected chi connectivity index (χ0v) is 13.9. The molecule has 1 N–H and O–H groups in total. The second kappa shape index (κ2) is 7.47. The van der Waals surface area contributed by atoms with Gasteiger partial charge in [0, 0.05) is 5.41 Å². The van der Waals surface area contributed by atoms with Gasteiger partial charge in [-0.25, -0.2) is 0 Å². The quantitative estimate of drug-likeness (QED) is 0.831. The molecule has 0 aliphatic rings. The van der Waals surface area contributed by atoms with Gasteiger partial charge in [0.05, 0.1) is 6.61 Å². The Morgan fingerprint density at radius 2 is 1.95 bits per heavy atom. The van der Waals surface area contributed by atoms with Crippen molar-refractivity contribution >= 4 is 22.4 Å². The fraction of sp³-hybridized carbons (Fsp3) is 0.438. The van der Waals surface area contributed by atoms with E-state index in [9.17, 15) is 4.79 Å². The minimum atomic E-state index is -0.204. The van der Waals surface area contributed by atoms with Crippen molar-refractivity contribution in [2.45, 2.75) is 32.6 Å². The molecule has 1 aromatic heterocycles. The van der Waals surface area contributed by atoms with Crippen LogP contribution in [0.15, 0.2) is 30.3 Å². The number of nitrogens with one attached hydrogen (secondary N) is 1. The van der Waals surface area contributed by atoms with Crippen LogP contribution in [0.1, 0.15) is 31.3 Å². The van der Waals surface area contributed by atoms with Gasteiger partial charge >= 0.3 is 0 Å². The fourth-order valence-corrected chi connectivity index (χ4v) is 2.55. The first-order valence-corrected chi connectivity index (χ1v) is 8.02. The highest BCUT2D eigenvalue weighted by Gasteiger charge is 2.19. The van der Waals surface area contributed by atoms with Gasteiger partial charge in [0.2, 0.25) is 5.13 Å². The van der Waals surface area contributed by atoms with Crippen LogP contribution in [-0.4, -0.2) is 29.3 Å². The number of carbonyl (C=O) groups is 1. The maximum atomic E-state index is 11.8. The Balaban J connectivity index is 1.71. The summed E-state index contributed by atoms with van der Waals surface area (Å²) in [5.41, 5.74) is 1.13. The van der Waals surface area contributed by atoms with Crippen LogP contribution in [0.3, 0.4) is 0 Å². The average Bonchev–Trinajstić information content (AvgIpc) is 2.93. The molecule has 118 valence electrons. The molecule has 0 bridgehead atoms. The van der Waals surface area contributed by atoms with Gasteiger partial charge in [-0.1, -0.05) is 62.4 Å². The third kappa shape index (κ3) is 5.20. The third-order valence-corrected chi connectivity index (χ3v) is 4.19. The molecule has 0 spiro atoms. The molecule has 0 unspecified atom stereocenters. The van der Waals surface area contributed by atoms with Crippen molar-refractivity contribution in [3.8, 4) is 0 Å². The molecule has 1 amide bonds. The van der Waals surface area contributed by atoms with Crippen molar-refractivity contribution in [3.63, 3.8) is 0 Å². The summed E-state index contributed by atoms with van der Waals surface area (Å²) in [7, 11) is 0. The minimum Gasteiger partial charge on any atom is -0.371 e. The highest BCUT2D eigenvalue weighted by Crippen LogP contribution is 2.27. The molecule has 1 aromatic carbocycles. The van der Waals surface area contributed by atoms with Crippen molar-refractivity contribution in [2.75, 3.05) is 18.5 Å². The normalized spacial score (nSPS) is 11.4. The number of anilines is 1. The summed E-state index contributed by atoms with van der Waals surface area (Å²) in [6.07, 6.45) is 0.793. The zero-order chi connectivity index (χ0) is 16.0. The Morgan fingerprint density at radius 1 is 1.23 bits per heavy atom. The monoisotopic (exact) mass is 319 g/mol. The minimum absolute atomic E-state index is 0.0251. The maximum absolute atomic E-state index is 11.8. The number of nitrogens with zero attached hydrogens (tertiary/aromatic N) is 2. The molecule has 0 atom stereocenters. The van der Waals surface area contributed by atoms with Crippen LogP contribution in [0.2, 0.25) is 0 Å². The largest absolute Gasteiger partial charge is 0.371 e. The lowest BCUT2D eigenvalue weighted by atomic mass is 9.98. The lowest BCUT2D eigenvalue weighted by Crippen LogP contribution is -2.19. The summed E-state index contributed by atoms with van der Waals surface area (Å²) in [6.45, 7) is 6.72. The van der Waals surface area contributed by atoms with Gasteiger partial charge in [-0.15, -0.1) is 10.2 Å². The van der Waals surface area contributed by atoms with Crippen LogP contribution in [0.5, 0.6) is 0 Å². The maximum Gasteiger partial charge on any atom is 0.252 e. The van der Waals surface area contributed by atoms with Crippen LogP contribution in [0.4, 0.5) is 5.13 Å². The van der Waals surface area contributed by atoms with Crippen LogP contribution in [-0.2, 0) is 21.4 Å². The number of ether oxygens (including phenoxy) is 1. The van der Waals surface area contributed by atoms with Gasteiger partial charge in [-0.05, 0) is 12.0 Å². The Bertz CT molecular complexity index is 605. The SMILES string of the molecule is CC(C)(C)c1nnc(NC(=O)COCCc2ccccc2)s1. The van der Waals surface area contributed by atoms with Crippen molar-refractivity contribution in [2.24, 2.45) is 0 Å². The number of carbonyl (C=O) groups excluding carboxylic acids is 1. The molecular weight excluding hydrogens is 298 g/mol. The van der Waals surface area contributed by atoms with E-state index in [1.54, 1.807) is 0 Å². The third-order valence-electron chi connectivity index (χ3n) is 2.92. The summed E-state index contributed by atoms with van der Waals surface area (Å²) >= 11 is 1.39. The van der Waals surface area contributed by atoms with E-state index in [0.717, 1.165) is 11.4 Å². The fourth-order valence-electron chi connectivity index (χ4n) is 1.73. The van der Waals surface area contributed by atoms with E-state index in [1.807, 2.05) is 30.3 Å². The van der Waals surface area contributed by atoms with Crippen LogP contribution in [0, 0.1) is 0 Å². The highest BCUT2D eigenvalue weighted by molar-refractivity contribution is 7.15. The molecule has 2 aromatic rings. The number of amides is 1. The molecular formula is C16H21N3O2S. The number of rotatable bonds is 6. The standard InChI is InChI=1S/C16H21N3O2S/c1-16(2,3)14-18-19-15(22-14)17-13(20)11-21-10-9-12-7-5-4-6-8-12/h4-8H,9-11H2,1-3H3,(H,17,19,20). The first-order valence-electron chi connectivity index (χ1n) is 7.20. The van der Waals surface area contributed by atoms with Crippen molar-refractivity contribution in [3.05, 3.63) is 40.9 Å². The van der Waals surface area contributed by atoms with E-state index in [2.05, 4.69) is 36.3 Å². The predicted octanol–water partition coefficient (Wildman–Crippen LogP) is 3.03. The molecule has 0 fully saturated rings. The molecule has 22 heavy (non-hydrogen) atoms. The van der Waals surface area contributed by atoms with Gasteiger partial charge in [0.25, 0.3) is 5.91 Å². The zero-order valence-electron chi connectivity index (χ0n) is 13.1. The Morgan fingerprint density at radius 3 is 2.59 bits per heavy atom. The summed E-state index contributed by atoms with van der Waals surface area (Å²) in [5, 5.41) is 12.2. The van der Waals surface area contributed by atoms with Crippen molar-refractivity contribution < 1.29 is 9.53 Å². The first kappa shape index (κ1) is 16.6. The van der Waals surface area contributed by atoms with E-state index in [-0.39, 0.29) is 17.9 Å². The predicted molar refractivity (Wildman–Crippen MR) is 88.2 cm³/mol. The molecule has 0 aliphatic carbocycles. The van der Waals surface area contributed by atoms with E-state index in [1.165, 1.54) is 16.9 Å². The van der Waals surface area contributed by atoms with Crippen LogP contribution < -0.4 is 5.32 Å². The van der Waals surface area contributed by atoms with E-state index >= 15 is 0 Å². The highest BCUT2D eigenvalue weighted by atomic mass is 32.1. The van der Waals surface area contributed by atoms with Crippen molar-refractivity contribution in [1.29, 1.82) is 0 Å². The second-order valence-corrected chi connectivity index (χ2v) is 6.98. The molecule has 0 saturated carbocycles. The Kier molecular flexibility index (Phi) is 5.63. The van der Waals surface area contributed by atoms with E-state index < -0.39 is 0 Å². The van der Waals surface area contributed by atoms with Gasteiger partial charge in [0.15, 0.2) is 0 Å². The van der Waals surface area contributed by atoms with E-state index in [0.29, 0.717) is 11.7 Å². The topological polar surface area (TPSA) is 64.1 Å². The molecule has 0 radical (unpaired) electrons. The molecule has 0 aliphatic heterocycles. The number of hydrogen-bond acceptors (Lipinski definition) is 5. The number of hydrogen-bond donors (Lipinski definition) is 1. The molecule has 6 heteroatoms. The van der Waals surface area contributed by atoms with Gasteiger partial charge in [0.1, 0.15) is 11.6 Å². The average molecular weight is 319 g/mol. The molecule has 0 saturated heterocycles. The number of aromatic nitrogens is 2. The summed E-state index contributed by atoms with van der Waals surface area (Å²) in [5.74, 6) is -0.204. The summed E-state index contributed by atoms with van der Waals surface area (Å²) < 4.78 is 5.39. The first-order chi connectivity index (χ1) is 10.4.